The highest BCUT2D eigenvalue weighted by atomic mass is 35.5. The van der Waals surface area contributed by atoms with Gasteiger partial charge in [0.05, 0.1) is 6.04 Å². The van der Waals surface area contributed by atoms with Crippen LogP contribution in [0.25, 0.3) is 0 Å². The van der Waals surface area contributed by atoms with E-state index < -0.39 is 11.6 Å². The maximum Gasteiger partial charge on any atom is 0.220 e. The van der Waals surface area contributed by atoms with Gasteiger partial charge in [0.25, 0.3) is 0 Å². The lowest BCUT2D eigenvalue weighted by molar-refractivity contribution is -0.121. The van der Waals surface area contributed by atoms with Crippen molar-refractivity contribution in [3.63, 3.8) is 0 Å². The molecule has 0 aliphatic rings. The van der Waals surface area contributed by atoms with Gasteiger partial charge in [-0.2, -0.15) is 0 Å². The van der Waals surface area contributed by atoms with Gasteiger partial charge in [-0.25, -0.2) is 8.78 Å². The molecule has 1 atom stereocenters. The van der Waals surface area contributed by atoms with Gasteiger partial charge < -0.3 is 5.32 Å². The zero-order valence-corrected chi connectivity index (χ0v) is 12.8. The highest BCUT2D eigenvalue weighted by Crippen LogP contribution is 2.16. The number of carbonyl (C=O) groups excluding carboxylic acids is 1. The topological polar surface area (TPSA) is 29.1 Å². The van der Waals surface area contributed by atoms with E-state index in [4.69, 9.17) is 11.6 Å². The van der Waals surface area contributed by atoms with Crippen molar-refractivity contribution in [3.05, 3.63) is 70.2 Å². The van der Waals surface area contributed by atoms with Crippen LogP contribution in [-0.2, 0) is 11.2 Å². The molecule has 0 aromatic heterocycles. The van der Waals surface area contributed by atoms with E-state index in [-0.39, 0.29) is 11.9 Å². The fourth-order valence-corrected chi connectivity index (χ4v) is 2.21. The Hall–Kier alpha value is -1.94. The van der Waals surface area contributed by atoms with Gasteiger partial charge in [-0.3, -0.25) is 4.79 Å². The minimum absolute atomic E-state index is 0.146. The molecule has 2 nitrogen and oxygen atoms in total. The number of hydrogen-bond donors (Lipinski definition) is 1. The average Bonchev–Trinajstić information content (AvgIpc) is 2.49. The van der Waals surface area contributed by atoms with Crippen molar-refractivity contribution in [2.24, 2.45) is 0 Å². The smallest absolute Gasteiger partial charge is 0.220 e. The Morgan fingerprint density at radius 3 is 2.45 bits per heavy atom. The summed E-state index contributed by atoms with van der Waals surface area (Å²) in [5.41, 5.74) is 1.54. The molecule has 0 radical (unpaired) electrons. The molecule has 0 fully saturated rings. The Morgan fingerprint density at radius 2 is 1.82 bits per heavy atom. The predicted molar refractivity (Wildman–Crippen MR) is 82.7 cm³/mol. The molecule has 22 heavy (non-hydrogen) atoms. The molecule has 0 heterocycles. The summed E-state index contributed by atoms with van der Waals surface area (Å²) >= 11 is 5.80. The Balaban J connectivity index is 1.88. The molecule has 1 N–H and O–H groups in total. The largest absolute Gasteiger partial charge is 0.350 e. The van der Waals surface area contributed by atoms with Crippen LogP contribution in [0.15, 0.2) is 42.5 Å². The van der Waals surface area contributed by atoms with Crippen LogP contribution >= 0.6 is 11.6 Å². The first kappa shape index (κ1) is 16.4. The summed E-state index contributed by atoms with van der Waals surface area (Å²) < 4.78 is 26.1. The van der Waals surface area contributed by atoms with Gasteiger partial charge in [0.2, 0.25) is 5.91 Å². The number of hydrogen-bond acceptors (Lipinski definition) is 1. The first-order valence-corrected chi connectivity index (χ1v) is 7.32. The van der Waals surface area contributed by atoms with Crippen LogP contribution in [-0.4, -0.2) is 5.91 Å². The molecule has 1 unspecified atom stereocenters. The molecule has 0 aliphatic heterocycles. The normalized spacial score (nSPS) is 12.0. The number of amides is 1. The van der Waals surface area contributed by atoms with Crippen molar-refractivity contribution in [1.29, 1.82) is 0 Å². The SMILES string of the molecule is CC(NC(=O)CCc1ccc(Cl)cc1)c1ccc(F)c(F)c1. The minimum atomic E-state index is -0.917. The van der Waals surface area contributed by atoms with E-state index in [9.17, 15) is 13.6 Å². The molecule has 0 spiro atoms. The highest BCUT2D eigenvalue weighted by molar-refractivity contribution is 6.30. The van der Waals surface area contributed by atoms with E-state index >= 15 is 0 Å². The van der Waals surface area contributed by atoms with Crippen molar-refractivity contribution in [1.82, 2.24) is 5.32 Å². The van der Waals surface area contributed by atoms with E-state index in [1.165, 1.54) is 6.07 Å². The van der Waals surface area contributed by atoms with Gasteiger partial charge >= 0.3 is 0 Å². The van der Waals surface area contributed by atoms with Crippen LogP contribution in [0.4, 0.5) is 8.78 Å². The van der Waals surface area contributed by atoms with Gasteiger partial charge in [-0.05, 0) is 48.7 Å². The van der Waals surface area contributed by atoms with Crippen molar-refractivity contribution in [3.8, 4) is 0 Å². The van der Waals surface area contributed by atoms with Crippen molar-refractivity contribution < 1.29 is 13.6 Å². The summed E-state index contributed by atoms with van der Waals surface area (Å²) in [6.07, 6.45) is 0.906. The molecule has 0 bridgehead atoms. The molecular formula is C17H16ClF2NO. The van der Waals surface area contributed by atoms with Gasteiger partial charge in [0.15, 0.2) is 11.6 Å². The van der Waals surface area contributed by atoms with Crippen LogP contribution in [0.3, 0.4) is 0 Å². The van der Waals surface area contributed by atoms with Crippen LogP contribution in [0.1, 0.15) is 30.5 Å². The Kier molecular flexibility index (Phi) is 5.50. The third-order valence-electron chi connectivity index (χ3n) is 3.38. The van der Waals surface area contributed by atoms with Crippen molar-refractivity contribution in [2.45, 2.75) is 25.8 Å². The predicted octanol–water partition coefficient (Wildman–Crippen LogP) is 4.43. The molecular weight excluding hydrogens is 308 g/mol. The molecule has 0 saturated carbocycles. The van der Waals surface area contributed by atoms with E-state index in [1.807, 2.05) is 12.1 Å². The second kappa shape index (κ2) is 7.36. The minimum Gasteiger partial charge on any atom is -0.350 e. The standard InChI is InChI=1S/C17H16ClF2NO/c1-11(13-5-8-15(19)16(20)10-13)21-17(22)9-4-12-2-6-14(18)7-3-12/h2-3,5-8,10-11H,4,9H2,1H3,(H,21,22). The van der Waals surface area contributed by atoms with Crippen LogP contribution in [0.2, 0.25) is 5.02 Å². The number of aryl methyl sites for hydroxylation is 1. The third kappa shape index (κ3) is 4.53. The van der Waals surface area contributed by atoms with E-state index in [0.717, 1.165) is 17.7 Å². The number of halogens is 3. The zero-order chi connectivity index (χ0) is 16.1. The van der Waals surface area contributed by atoms with Crippen LogP contribution in [0, 0.1) is 11.6 Å². The number of carbonyl (C=O) groups is 1. The lowest BCUT2D eigenvalue weighted by Crippen LogP contribution is -2.26. The molecule has 0 aliphatic carbocycles. The summed E-state index contributed by atoms with van der Waals surface area (Å²) in [4.78, 5) is 11.9. The number of nitrogens with one attached hydrogen (secondary N) is 1. The Bertz CT molecular complexity index is 658. The van der Waals surface area contributed by atoms with Crippen LogP contribution in [0.5, 0.6) is 0 Å². The van der Waals surface area contributed by atoms with E-state index in [1.54, 1.807) is 19.1 Å². The fraction of sp³-hybridized carbons (Fsp3) is 0.235. The number of benzene rings is 2. The molecule has 116 valence electrons. The molecule has 1 amide bonds. The monoisotopic (exact) mass is 323 g/mol. The lowest BCUT2D eigenvalue weighted by Gasteiger charge is -2.14. The van der Waals surface area contributed by atoms with Gasteiger partial charge in [0.1, 0.15) is 0 Å². The Labute approximate surface area is 133 Å². The molecule has 2 aromatic rings. The van der Waals surface area contributed by atoms with Crippen molar-refractivity contribution in [2.75, 3.05) is 0 Å². The molecule has 2 rings (SSSR count). The first-order valence-electron chi connectivity index (χ1n) is 6.94. The molecule has 0 saturated heterocycles. The summed E-state index contributed by atoms with van der Waals surface area (Å²) in [5, 5.41) is 3.42. The summed E-state index contributed by atoms with van der Waals surface area (Å²) in [6, 6.07) is 10.5. The van der Waals surface area contributed by atoms with E-state index in [2.05, 4.69) is 5.32 Å². The molecule has 5 heteroatoms. The van der Waals surface area contributed by atoms with Crippen molar-refractivity contribution >= 4 is 17.5 Å². The second-order valence-corrected chi connectivity index (χ2v) is 5.53. The average molecular weight is 324 g/mol. The quantitative estimate of drug-likeness (QED) is 0.866. The van der Waals surface area contributed by atoms with Gasteiger partial charge in [-0.15, -0.1) is 0 Å². The van der Waals surface area contributed by atoms with E-state index in [0.29, 0.717) is 23.4 Å². The highest BCUT2D eigenvalue weighted by Gasteiger charge is 2.12. The summed E-state index contributed by atoms with van der Waals surface area (Å²) in [7, 11) is 0. The first-order chi connectivity index (χ1) is 10.5. The third-order valence-corrected chi connectivity index (χ3v) is 3.63. The van der Waals surface area contributed by atoms with Crippen LogP contribution < -0.4 is 5.32 Å². The maximum absolute atomic E-state index is 13.2. The Morgan fingerprint density at radius 1 is 1.14 bits per heavy atom. The summed E-state index contributed by atoms with van der Waals surface area (Å²) in [5.74, 6) is -1.96. The molecule has 2 aromatic carbocycles. The zero-order valence-electron chi connectivity index (χ0n) is 12.1. The number of rotatable bonds is 5. The second-order valence-electron chi connectivity index (χ2n) is 5.09. The van der Waals surface area contributed by atoms with Gasteiger partial charge in [0, 0.05) is 11.4 Å². The summed E-state index contributed by atoms with van der Waals surface area (Å²) in [6.45, 7) is 1.73. The lowest BCUT2D eigenvalue weighted by atomic mass is 10.1. The maximum atomic E-state index is 13.2. The van der Waals surface area contributed by atoms with Gasteiger partial charge in [-0.1, -0.05) is 29.8 Å². The fourth-order valence-electron chi connectivity index (χ4n) is 2.09.